The predicted molar refractivity (Wildman–Crippen MR) is 66.5 cm³/mol. The number of methoxy groups -OCH3 is 2. The first-order chi connectivity index (χ1) is 7.91. The third-order valence-electron chi connectivity index (χ3n) is 2.58. The molecule has 0 spiro atoms. The minimum absolute atomic E-state index is 0.132. The molecule has 0 heterocycles. The second-order valence-corrected chi connectivity index (χ2v) is 4.62. The smallest absolute Gasteiger partial charge is 0.169 e. The molecule has 0 aliphatic rings. The molecule has 0 amide bonds. The first kappa shape index (κ1) is 13.8. The number of ether oxygens (including phenoxy) is 2. The highest BCUT2D eigenvalue weighted by Gasteiger charge is 2.19. The van der Waals surface area contributed by atoms with Crippen molar-refractivity contribution in [1.82, 2.24) is 0 Å². The van der Waals surface area contributed by atoms with Crippen LogP contribution in [0.1, 0.15) is 18.1 Å². The van der Waals surface area contributed by atoms with Gasteiger partial charge in [0.25, 0.3) is 0 Å². The van der Waals surface area contributed by atoms with Crippen molar-refractivity contribution in [3.63, 3.8) is 0 Å². The van der Waals surface area contributed by atoms with Gasteiger partial charge in [-0.1, -0.05) is 6.92 Å². The van der Waals surface area contributed by atoms with Gasteiger partial charge in [-0.05, 0) is 24.1 Å². The molecule has 0 radical (unpaired) electrons. The summed E-state index contributed by atoms with van der Waals surface area (Å²) in [5.41, 5.74) is 2.13. The molecule has 1 rings (SSSR count). The van der Waals surface area contributed by atoms with Crippen molar-refractivity contribution in [1.29, 1.82) is 0 Å². The van der Waals surface area contributed by atoms with E-state index in [0.29, 0.717) is 12.3 Å². The number of hydrogen-bond donors (Lipinski definition) is 1. The van der Waals surface area contributed by atoms with Crippen molar-refractivity contribution in [2.75, 3.05) is 28.3 Å². The van der Waals surface area contributed by atoms with Crippen LogP contribution >= 0.6 is 0 Å². The number of hydroxylamine groups is 3. The summed E-state index contributed by atoms with van der Waals surface area (Å²) in [6, 6.07) is 4.03. The minimum atomic E-state index is -0.132. The Morgan fingerprint density at radius 2 is 1.82 bits per heavy atom. The Morgan fingerprint density at radius 1 is 1.18 bits per heavy atom. The molecule has 4 heteroatoms. The highest BCUT2D eigenvalue weighted by Crippen LogP contribution is 2.34. The van der Waals surface area contributed by atoms with E-state index in [1.165, 1.54) is 5.56 Å². The van der Waals surface area contributed by atoms with Gasteiger partial charge in [-0.25, -0.2) is 5.21 Å². The Kier molecular flexibility index (Phi) is 4.37. The SMILES string of the molecule is CCc1cc(C[N+](C)(C)O)c(OC)c(OC)c1. The van der Waals surface area contributed by atoms with Crippen molar-refractivity contribution < 1.29 is 19.3 Å². The average molecular weight is 240 g/mol. The third-order valence-corrected chi connectivity index (χ3v) is 2.58. The lowest BCUT2D eigenvalue weighted by atomic mass is 10.1. The Balaban J connectivity index is 3.24. The number of aryl methyl sites for hydroxylation is 1. The summed E-state index contributed by atoms with van der Waals surface area (Å²) in [5.74, 6) is 1.42. The van der Waals surface area contributed by atoms with Crippen molar-refractivity contribution in [2.24, 2.45) is 0 Å². The first-order valence-corrected chi connectivity index (χ1v) is 5.70. The lowest BCUT2D eigenvalue weighted by Gasteiger charge is -2.22. The van der Waals surface area contributed by atoms with Gasteiger partial charge in [-0.3, -0.25) is 0 Å². The number of benzene rings is 1. The second-order valence-electron chi connectivity index (χ2n) is 4.62. The van der Waals surface area contributed by atoms with E-state index in [0.717, 1.165) is 17.7 Å². The lowest BCUT2D eigenvalue weighted by Crippen LogP contribution is -2.34. The van der Waals surface area contributed by atoms with Gasteiger partial charge in [0.1, 0.15) is 6.54 Å². The molecule has 0 aliphatic carbocycles. The molecule has 0 aliphatic heterocycles. The van der Waals surface area contributed by atoms with Gasteiger partial charge in [0, 0.05) is 0 Å². The van der Waals surface area contributed by atoms with E-state index in [-0.39, 0.29) is 4.65 Å². The summed E-state index contributed by atoms with van der Waals surface area (Å²) < 4.78 is 10.6. The Morgan fingerprint density at radius 3 is 2.24 bits per heavy atom. The van der Waals surface area contributed by atoms with Crippen LogP contribution in [0.15, 0.2) is 12.1 Å². The number of quaternary nitrogens is 1. The van der Waals surface area contributed by atoms with E-state index in [4.69, 9.17) is 9.47 Å². The fourth-order valence-corrected chi connectivity index (χ4v) is 1.84. The summed E-state index contributed by atoms with van der Waals surface area (Å²) in [6.07, 6.45) is 0.923. The summed E-state index contributed by atoms with van der Waals surface area (Å²) in [4.78, 5) is 0. The quantitative estimate of drug-likeness (QED) is 0.633. The highest BCUT2D eigenvalue weighted by molar-refractivity contribution is 5.49. The monoisotopic (exact) mass is 240 g/mol. The van der Waals surface area contributed by atoms with Crippen molar-refractivity contribution >= 4 is 0 Å². The second kappa shape index (κ2) is 5.38. The average Bonchev–Trinajstić information content (AvgIpc) is 2.25. The Hall–Kier alpha value is -1.26. The normalized spacial score (nSPS) is 11.4. The fraction of sp³-hybridized carbons (Fsp3) is 0.538. The molecule has 17 heavy (non-hydrogen) atoms. The van der Waals surface area contributed by atoms with Crippen LogP contribution in [0, 0.1) is 0 Å². The molecule has 1 aromatic rings. The summed E-state index contributed by atoms with van der Waals surface area (Å²) in [6.45, 7) is 2.57. The first-order valence-electron chi connectivity index (χ1n) is 5.70. The van der Waals surface area contributed by atoms with Gasteiger partial charge in [-0.2, -0.15) is 4.65 Å². The van der Waals surface area contributed by atoms with Gasteiger partial charge >= 0.3 is 0 Å². The van der Waals surface area contributed by atoms with Crippen LogP contribution in [0.5, 0.6) is 11.5 Å². The molecule has 0 atom stereocenters. The molecule has 0 unspecified atom stereocenters. The summed E-state index contributed by atoms with van der Waals surface area (Å²) >= 11 is 0. The Bertz CT molecular complexity index is 383. The molecule has 1 aromatic carbocycles. The molecular weight excluding hydrogens is 218 g/mol. The van der Waals surface area contributed by atoms with Crippen LogP contribution in [-0.2, 0) is 13.0 Å². The molecule has 0 saturated carbocycles. The van der Waals surface area contributed by atoms with Crippen LogP contribution in [-0.4, -0.2) is 38.2 Å². The molecule has 4 nitrogen and oxygen atoms in total. The topological polar surface area (TPSA) is 38.7 Å². The van der Waals surface area contributed by atoms with Crippen LogP contribution < -0.4 is 9.47 Å². The van der Waals surface area contributed by atoms with E-state index >= 15 is 0 Å². The standard InChI is InChI=1S/C13H22NO3/c1-6-10-7-11(9-14(2,3)15)13(17-5)12(8-10)16-4/h7-8,15H,6,9H2,1-5H3/q+1. The number of hydrogen-bond acceptors (Lipinski definition) is 3. The lowest BCUT2D eigenvalue weighted by molar-refractivity contribution is -1.08. The van der Waals surface area contributed by atoms with Crippen LogP contribution in [0.2, 0.25) is 0 Å². The fourth-order valence-electron chi connectivity index (χ4n) is 1.84. The van der Waals surface area contributed by atoms with Gasteiger partial charge in [0.2, 0.25) is 0 Å². The maximum Gasteiger partial charge on any atom is 0.169 e. The molecule has 0 aromatic heterocycles. The predicted octanol–water partition coefficient (Wildman–Crippen LogP) is 2.23. The molecule has 0 bridgehead atoms. The number of nitrogens with zero attached hydrogens (tertiary/aromatic N) is 1. The largest absolute Gasteiger partial charge is 0.493 e. The molecule has 0 fully saturated rings. The highest BCUT2D eigenvalue weighted by atomic mass is 16.5. The van der Waals surface area contributed by atoms with Gasteiger partial charge < -0.3 is 9.47 Å². The van der Waals surface area contributed by atoms with E-state index in [1.54, 1.807) is 28.3 Å². The van der Waals surface area contributed by atoms with Gasteiger partial charge in [-0.15, -0.1) is 0 Å². The molecular formula is C13H22NO3+. The van der Waals surface area contributed by atoms with Gasteiger partial charge in [0.15, 0.2) is 11.5 Å². The van der Waals surface area contributed by atoms with E-state index in [1.807, 2.05) is 6.07 Å². The Labute approximate surface area is 103 Å². The van der Waals surface area contributed by atoms with E-state index < -0.39 is 0 Å². The summed E-state index contributed by atoms with van der Waals surface area (Å²) in [7, 11) is 6.69. The molecule has 0 saturated heterocycles. The zero-order valence-electron chi connectivity index (χ0n) is 11.3. The van der Waals surface area contributed by atoms with Crippen molar-refractivity contribution in [2.45, 2.75) is 19.9 Å². The van der Waals surface area contributed by atoms with E-state index in [2.05, 4.69) is 13.0 Å². The molecule has 96 valence electrons. The maximum absolute atomic E-state index is 9.86. The minimum Gasteiger partial charge on any atom is -0.493 e. The zero-order chi connectivity index (χ0) is 13.1. The third kappa shape index (κ3) is 3.61. The van der Waals surface area contributed by atoms with Crippen LogP contribution in [0.25, 0.3) is 0 Å². The number of rotatable bonds is 5. The zero-order valence-corrected chi connectivity index (χ0v) is 11.3. The van der Waals surface area contributed by atoms with Gasteiger partial charge in [0.05, 0.1) is 33.9 Å². The van der Waals surface area contributed by atoms with Crippen molar-refractivity contribution in [3.8, 4) is 11.5 Å². The summed E-state index contributed by atoms with van der Waals surface area (Å²) in [5, 5.41) is 9.86. The van der Waals surface area contributed by atoms with Crippen molar-refractivity contribution in [3.05, 3.63) is 23.3 Å². The molecule has 1 N–H and O–H groups in total. The van der Waals surface area contributed by atoms with Crippen LogP contribution in [0.3, 0.4) is 0 Å². The maximum atomic E-state index is 9.86. The van der Waals surface area contributed by atoms with E-state index in [9.17, 15) is 5.21 Å². The van der Waals surface area contributed by atoms with Crippen LogP contribution in [0.4, 0.5) is 0 Å².